The number of aryl methyl sites for hydroxylation is 1. The topological polar surface area (TPSA) is 57.6 Å². The number of aromatic amines is 1. The van der Waals surface area contributed by atoms with E-state index in [0.29, 0.717) is 5.52 Å². The molecule has 1 aliphatic rings. The van der Waals surface area contributed by atoms with Crippen molar-refractivity contribution in [1.82, 2.24) is 14.3 Å². The Morgan fingerprint density at radius 3 is 2.19 bits per heavy atom. The summed E-state index contributed by atoms with van der Waals surface area (Å²) in [7, 11) is 2.13. The first kappa shape index (κ1) is 30.8. The van der Waals surface area contributed by atoms with Crippen molar-refractivity contribution in [3.63, 3.8) is 0 Å². The van der Waals surface area contributed by atoms with Gasteiger partial charge in [-0.2, -0.15) is 0 Å². The van der Waals surface area contributed by atoms with Crippen LogP contribution in [0.25, 0.3) is 5.52 Å². The molecule has 2 radical (unpaired) electrons. The van der Waals surface area contributed by atoms with E-state index in [1.165, 1.54) is 0 Å². The summed E-state index contributed by atoms with van der Waals surface area (Å²) < 4.78 is 1.92. The molecule has 5 nitrogen and oxygen atoms in total. The minimum Gasteiger partial charge on any atom is -0.352 e. The molecule has 1 saturated heterocycles. The molecule has 1 N–H and O–H groups in total. The van der Waals surface area contributed by atoms with E-state index in [1.54, 1.807) is 13.1 Å². The Hall–Kier alpha value is -0.871. The summed E-state index contributed by atoms with van der Waals surface area (Å²) in [6.07, 6.45) is 6.51. The van der Waals surface area contributed by atoms with Crippen molar-refractivity contribution in [2.24, 2.45) is 0 Å². The number of nitrogens with one attached hydrogen (secondary N) is 1. The molecule has 7 heteroatoms. The quantitative estimate of drug-likeness (QED) is 0.662. The molecule has 0 spiro atoms. The van der Waals surface area contributed by atoms with Gasteiger partial charge in [-0.3, -0.25) is 9.59 Å². The maximum atomic E-state index is 11.2. The summed E-state index contributed by atoms with van der Waals surface area (Å²) in [6, 6.07) is 3.70. The Balaban J connectivity index is -0.000000338. The van der Waals surface area contributed by atoms with Crippen LogP contribution in [0.1, 0.15) is 61.1 Å². The fraction of sp³-hybridized carbons (Fsp3) is 0.600. The molecule has 27 heavy (non-hydrogen) atoms. The number of rotatable bonds is 1. The van der Waals surface area contributed by atoms with E-state index in [9.17, 15) is 9.59 Å². The second-order valence-corrected chi connectivity index (χ2v) is 4.77. The summed E-state index contributed by atoms with van der Waals surface area (Å²) in [5, 5.41) is 0. The van der Waals surface area contributed by atoms with Gasteiger partial charge in [0.2, 0.25) is 5.91 Å². The maximum absolute atomic E-state index is 11.2. The maximum Gasteiger partial charge on any atom is 0.272 e. The van der Waals surface area contributed by atoms with Gasteiger partial charge < -0.3 is 14.3 Å². The molecule has 1 amide bonds. The molecular weight excluding hydrogens is 414 g/mol. The van der Waals surface area contributed by atoms with Gasteiger partial charge >= 0.3 is 0 Å². The molecule has 2 aromatic rings. The van der Waals surface area contributed by atoms with Gasteiger partial charge in [0.1, 0.15) is 12.8 Å². The van der Waals surface area contributed by atoms with Gasteiger partial charge in [0.05, 0.1) is 0 Å². The fourth-order valence-corrected chi connectivity index (χ4v) is 2.25. The van der Waals surface area contributed by atoms with Gasteiger partial charge in [-0.1, -0.05) is 54.8 Å². The van der Waals surface area contributed by atoms with E-state index in [2.05, 4.69) is 19.2 Å². The van der Waals surface area contributed by atoms with Gasteiger partial charge in [-0.25, -0.2) is 0 Å². The van der Waals surface area contributed by atoms with Crippen LogP contribution in [-0.4, -0.2) is 40.5 Å². The monoisotopic (exact) mass is 451 g/mol. The number of nitrogens with zero attached hydrogens (tertiary/aromatic N) is 2. The molecule has 0 bridgehead atoms. The SMILES string of the molecule is CC.CC.CC.CC(=O)N1C[B]CC1.CCc1c[nH]c(=O)c2cccn12.[Y]. The zero-order valence-corrected chi connectivity index (χ0v) is 21.3. The third kappa shape index (κ3) is 10.9. The van der Waals surface area contributed by atoms with Crippen molar-refractivity contribution in [1.29, 1.82) is 0 Å². The van der Waals surface area contributed by atoms with Crippen LogP contribution in [0.4, 0.5) is 0 Å². The Bertz CT molecular complexity index is 650. The largest absolute Gasteiger partial charge is 0.352 e. The number of fused-ring (bicyclic) bond motifs is 1. The Morgan fingerprint density at radius 2 is 1.78 bits per heavy atom. The fourth-order valence-electron chi connectivity index (χ4n) is 2.25. The smallest absolute Gasteiger partial charge is 0.272 e. The molecule has 0 aromatic carbocycles. The average Bonchev–Trinajstić information content (AvgIpc) is 3.40. The average molecular weight is 451 g/mol. The number of hydrogen-bond acceptors (Lipinski definition) is 2. The first-order valence-corrected chi connectivity index (χ1v) is 9.88. The van der Waals surface area contributed by atoms with Crippen LogP contribution in [0.2, 0.25) is 6.32 Å². The Labute approximate surface area is 191 Å². The summed E-state index contributed by atoms with van der Waals surface area (Å²) >= 11 is 0. The van der Waals surface area contributed by atoms with Gasteiger partial charge in [0, 0.05) is 64.3 Å². The van der Waals surface area contributed by atoms with Crippen LogP contribution in [0.5, 0.6) is 0 Å². The number of aromatic nitrogens is 2. The van der Waals surface area contributed by atoms with Crippen LogP contribution < -0.4 is 5.56 Å². The van der Waals surface area contributed by atoms with Crippen LogP contribution in [0.15, 0.2) is 29.3 Å². The zero-order valence-electron chi connectivity index (χ0n) is 18.5. The number of hydrogen-bond donors (Lipinski definition) is 1. The van der Waals surface area contributed by atoms with Crippen LogP contribution in [0, 0.1) is 0 Å². The van der Waals surface area contributed by atoms with Crippen LogP contribution in [-0.2, 0) is 43.9 Å². The Morgan fingerprint density at radius 1 is 1.19 bits per heavy atom. The molecule has 3 rings (SSSR count). The van der Waals surface area contributed by atoms with E-state index in [-0.39, 0.29) is 44.2 Å². The predicted octanol–water partition coefficient (Wildman–Crippen LogP) is 4.19. The number of carbonyl (C=O) groups is 1. The summed E-state index contributed by atoms with van der Waals surface area (Å²) in [4.78, 5) is 26.3. The molecule has 1 aliphatic heterocycles. The minimum atomic E-state index is -0.0304. The normalized spacial score (nSPS) is 10.9. The van der Waals surface area contributed by atoms with Crippen molar-refractivity contribution in [2.75, 3.05) is 13.0 Å². The number of amides is 1. The first-order valence-electron chi connectivity index (χ1n) is 9.88. The van der Waals surface area contributed by atoms with E-state index < -0.39 is 0 Å². The van der Waals surface area contributed by atoms with Crippen molar-refractivity contribution in [3.05, 3.63) is 40.6 Å². The molecule has 0 saturated carbocycles. The van der Waals surface area contributed by atoms with Gasteiger partial charge in [0.15, 0.2) is 0 Å². The zero-order chi connectivity index (χ0) is 20.5. The van der Waals surface area contributed by atoms with Gasteiger partial charge in [0.25, 0.3) is 5.56 Å². The van der Waals surface area contributed by atoms with Crippen molar-refractivity contribution in [3.8, 4) is 0 Å². The standard InChI is InChI=1S/C9H10N2O.C5H9BNO.3C2H6.Y/c1-2-7-6-10-9(12)8-4-3-5-11(7)8;1-5(8)7-3-2-6-4-7;3*1-2;/h3-6H,2H2,1H3,(H,10,12);2-4H2,1H3;3*1-2H3;. The molecule has 1 fully saturated rings. The molecule has 0 aliphatic carbocycles. The van der Waals surface area contributed by atoms with Crippen molar-refractivity contribution < 1.29 is 37.5 Å². The first-order chi connectivity index (χ1) is 12.6. The molecule has 0 unspecified atom stereocenters. The molecule has 150 valence electrons. The second-order valence-electron chi connectivity index (χ2n) is 4.77. The van der Waals surface area contributed by atoms with Crippen molar-refractivity contribution >= 4 is 18.7 Å². The second kappa shape index (κ2) is 19.9. The summed E-state index contributed by atoms with van der Waals surface area (Å²) in [5.41, 5.74) is 1.81. The van der Waals surface area contributed by atoms with E-state index in [4.69, 9.17) is 0 Å². The third-order valence-electron chi connectivity index (χ3n) is 3.42. The van der Waals surface area contributed by atoms with E-state index in [0.717, 1.165) is 31.4 Å². The van der Waals surface area contributed by atoms with Crippen molar-refractivity contribution in [2.45, 2.75) is 68.1 Å². The minimum absolute atomic E-state index is 0. The molecule has 0 atom stereocenters. The molecule has 2 aromatic heterocycles. The predicted molar refractivity (Wildman–Crippen MR) is 114 cm³/mol. The van der Waals surface area contributed by atoms with Gasteiger partial charge in [-0.05, 0) is 25.0 Å². The third-order valence-corrected chi connectivity index (χ3v) is 3.42. The molecular formula is C20H37BN3O2Y. The Kier molecular flexibility index (Phi) is 22.7. The molecule has 3 heterocycles. The van der Waals surface area contributed by atoms with E-state index in [1.807, 2.05) is 69.2 Å². The van der Waals surface area contributed by atoms with Crippen LogP contribution >= 0.6 is 0 Å². The number of carbonyl (C=O) groups excluding carboxylic acids is 1. The number of H-pyrrole nitrogens is 1. The van der Waals surface area contributed by atoms with E-state index >= 15 is 0 Å². The van der Waals surface area contributed by atoms with Crippen LogP contribution in [0.3, 0.4) is 0 Å². The summed E-state index contributed by atoms with van der Waals surface area (Å²) in [5.74, 6) is 0.193. The van der Waals surface area contributed by atoms with Gasteiger partial charge in [-0.15, -0.1) is 0 Å². The summed E-state index contributed by atoms with van der Waals surface area (Å²) in [6.45, 7) is 16.6.